The van der Waals surface area contributed by atoms with Crippen LogP contribution >= 0.6 is 0 Å². The largest absolute Gasteiger partial charge is 0.390 e. The van der Waals surface area contributed by atoms with E-state index < -0.39 is 11.2 Å². The van der Waals surface area contributed by atoms with Crippen molar-refractivity contribution >= 4 is 12.6 Å². The Hall–Kier alpha value is -0.740. The molecule has 0 bridgehead atoms. The summed E-state index contributed by atoms with van der Waals surface area (Å²) in [5, 5.41) is 18.7. The SMILES string of the molecule is CC(C=O)CCCC(C)(C)O.CC(CC=O)CCCC(C)(C)O. The summed E-state index contributed by atoms with van der Waals surface area (Å²) in [6.45, 7) is 11.2. The van der Waals surface area contributed by atoms with Gasteiger partial charge < -0.3 is 19.8 Å². The molecule has 0 aliphatic heterocycles. The zero-order chi connectivity index (χ0) is 18.5. The van der Waals surface area contributed by atoms with Crippen LogP contribution in [0.15, 0.2) is 0 Å². The Morgan fingerprint density at radius 3 is 1.65 bits per heavy atom. The first kappa shape index (κ1) is 24.5. The summed E-state index contributed by atoms with van der Waals surface area (Å²) in [5.41, 5.74) is -1.14. The average molecular weight is 331 g/mol. The highest BCUT2D eigenvalue weighted by molar-refractivity contribution is 5.52. The maximum absolute atomic E-state index is 10.2. The van der Waals surface area contributed by atoms with Crippen LogP contribution in [0.3, 0.4) is 0 Å². The first-order valence-corrected chi connectivity index (χ1v) is 8.75. The van der Waals surface area contributed by atoms with Gasteiger partial charge in [0.25, 0.3) is 0 Å². The van der Waals surface area contributed by atoms with Crippen LogP contribution in [0, 0.1) is 11.8 Å². The fraction of sp³-hybridized carbons (Fsp3) is 0.895. The van der Waals surface area contributed by atoms with Crippen LogP contribution in [0.1, 0.15) is 86.5 Å². The van der Waals surface area contributed by atoms with E-state index in [0.717, 1.165) is 51.1 Å². The van der Waals surface area contributed by atoms with Crippen molar-refractivity contribution in [2.45, 2.75) is 97.7 Å². The van der Waals surface area contributed by atoms with E-state index in [9.17, 15) is 19.8 Å². The predicted octanol–water partition coefficient (Wildman–Crippen LogP) is 3.92. The Morgan fingerprint density at radius 1 is 0.870 bits per heavy atom. The van der Waals surface area contributed by atoms with E-state index in [0.29, 0.717) is 12.3 Å². The van der Waals surface area contributed by atoms with Gasteiger partial charge in [0.15, 0.2) is 0 Å². The lowest BCUT2D eigenvalue weighted by atomic mass is 9.96. The second-order valence-electron chi connectivity index (χ2n) is 8.03. The fourth-order valence-electron chi connectivity index (χ4n) is 2.09. The molecule has 138 valence electrons. The van der Waals surface area contributed by atoms with Crippen LogP contribution in [-0.2, 0) is 9.59 Å². The highest BCUT2D eigenvalue weighted by atomic mass is 16.3. The molecule has 4 nitrogen and oxygen atoms in total. The topological polar surface area (TPSA) is 74.6 Å². The molecule has 0 rings (SSSR count). The maximum atomic E-state index is 10.2. The normalized spacial score (nSPS) is 14.4. The monoisotopic (exact) mass is 330 g/mol. The number of aldehydes is 2. The number of aliphatic hydroxyl groups is 2. The maximum Gasteiger partial charge on any atom is 0.122 e. The van der Waals surface area contributed by atoms with Crippen molar-refractivity contribution in [2.24, 2.45) is 11.8 Å². The number of carbonyl (C=O) groups excluding carboxylic acids is 2. The molecule has 0 fully saturated rings. The third-order valence-corrected chi connectivity index (χ3v) is 3.66. The number of rotatable bonds is 11. The summed E-state index contributed by atoms with van der Waals surface area (Å²) in [5.74, 6) is 0.599. The zero-order valence-corrected chi connectivity index (χ0v) is 16.0. The van der Waals surface area contributed by atoms with E-state index in [1.807, 2.05) is 20.8 Å². The molecule has 0 saturated heterocycles. The summed E-state index contributed by atoms with van der Waals surface area (Å²) in [4.78, 5) is 20.3. The van der Waals surface area contributed by atoms with Crippen molar-refractivity contribution in [3.8, 4) is 0 Å². The molecular weight excluding hydrogens is 292 g/mol. The van der Waals surface area contributed by atoms with Gasteiger partial charge in [0.2, 0.25) is 0 Å². The van der Waals surface area contributed by atoms with Gasteiger partial charge in [-0.25, -0.2) is 0 Å². The van der Waals surface area contributed by atoms with Gasteiger partial charge in [-0.15, -0.1) is 0 Å². The predicted molar refractivity (Wildman–Crippen MR) is 95.4 cm³/mol. The van der Waals surface area contributed by atoms with Gasteiger partial charge in [-0.2, -0.15) is 0 Å². The van der Waals surface area contributed by atoms with Crippen LogP contribution in [0.2, 0.25) is 0 Å². The third-order valence-electron chi connectivity index (χ3n) is 3.66. The summed E-state index contributed by atoms with van der Waals surface area (Å²) in [6, 6.07) is 0. The summed E-state index contributed by atoms with van der Waals surface area (Å²) < 4.78 is 0. The first-order chi connectivity index (χ1) is 10.4. The van der Waals surface area contributed by atoms with Crippen LogP contribution in [0.25, 0.3) is 0 Å². The zero-order valence-electron chi connectivity index (χ0n) is 16.0. The molecule has 0 heterocycles. The minimum Gasteiger partial charge on any atom is -0.390 e. The first-order valence-electron chi connectivity index (χ1n) is 8.75. The minimum absolute atomic E-state index is 0.136. The number of hydrogen-bond acceptors (Lipinski definition) is 4. The highest BCUT2D eigenvalue weighted by Crippen LogP contribution is 2.16. The molecule has 2 unspecified atom stereocenters. The van der Waals surface area contributed by atoms with Crippen molar-refractivity contribution in [1.82, 2.24) is 0 Å². The molecule has 0 spiro atoms. The van der Waals surface area contributed by atoms with Crippen molar-refractivity contribution in [3.05, 3.63) is 0 Å². The van der Waals surface area contributed by atoms with E-state index in [1.165, 1.54) is 0 Å². The van der Waals surface area contributed by atoms with Gasteiger partial charge in [0, 0.05) is 12.3 Å². The van der Waals surface area contributed by atoms with Crippen LogP contribution in [-0.4, -0.2) is 34.0 Å². The van der Waals surface area contributed by atoms with E-state index in [1.54, 1.807) is 13.8 Å². The molecule has 0 radical (unpaired) electrons. The second-order valence-corrected chi connectivity index (χ2v) is 8.03. The lowest BCUT2D eigenvalue weighted by Gasteiger charge is -2.17. The minimum atomic E-state index is -0.581. The molecule has 2 N–H and O–H groups in total. The van der Waals surface area contributed by atoms with Crippen LogP contribution in [0.5, 0.6) is 0 Å². The second kappa shape index (κ2) is 12.7. The Bertz CT molecular complexity index is 299. The Balaban J connectivity index is 0. The number of hydrogen-bond donors (Lipinski definition) is 2. The van der Waals surface area contributed by atoms with E-state index >= 15 is 0 Å². The third kappa shape index (κ3) is 23.7. The smallest absolute Gasteiger partial charge is 0.122 e. The molecule has 0 saturated carbocycles. The molecular formula is C19H38O4. The molecule has 0 aromatic rings. The number of carbonyl (C=O) groups is 2. The van der Waals surface area contributed by atoms with Crippen molar-refractivity contribution in [1.29, 1.82) is 0 Å². The van der Waals surface area contributed by atoms with E-state index in [-0.39, 0.29) is 5.92 Å². The molecule has 0 aromatic heterocycles. The Morgan fingerprint density at radius 2 is 1.30 bits per heavy atom. The van der Waals surface area contributed by atoms with Gasteiger partial charge in [0.1, 0.15) is 12.6 Å². The molecule has 2 atom stereocenters. The summed E-state index contributed by atoms with van der Waals surface area (Å²) >= 11 is 0. The van der Waals surface area contributed by atoms with Crippen molar-refractivity contribution in [2.75, 3.05) is 0 Å². The van der Waals surface area contributed by atoms with E-state index in [4.69, 9.17) is 0 Å². The fourth-order valence-corrected chi connectivity index (χ4v) is 2.09. The standard InChI is InChI=1S/C10H20O2.C9H18O2/c1-9(6-8-11)5-4-7-10(2,3)12;1-8(7-10)5-4-6-9(2,3)11/h8-9,12H,4-7H2,1-3H3;7-8,11H,4-6H2,1-3H3. The van der Waals surface area contributed by atoms with Gasteiger partial charge in [-0.05, 0) is 59.3 Å². The van der Waals surface area contributed by atoms with Crippen molar-refractivity contribution < 1.29 is 19.8 Å². The molecule has 4 heteroatoms. The molecule has 0 aromatic carbocycles. The molecule has 23 heavy (non-hydrogen) atoms. The van der Waals surface area contributed by atoms with Crippen molar-refractivity contribution in [3.63, 3.8) is 0 Å². The van der Waals surface area contributed by atoms with Crippen LogP contribution < -0.4 is 0 Å². The van der Waals surface area contributed by atoms with Crippen LogP contribution in [0.4, 0.5) is 0 Å². The molecule has 0 aliphatic rings. The van der Waals surface area contributed by atoms with Gasteiger partial charge >= 0.3 is 0 Å². The summed E-state index contributed by atoms with van der Waals surface area (Å²) in [7, 11) is 0. The quantitative estimate of drug-likeness (QED) is 0.563. The molecule has 0 aliphatic carbocycles. The lowest BCUT2D eigenvalue weighted by molar-refractivity contribution is -0.111. The molecule has 0 amide bonds. The average Bonchev–Trinajstić information content (AvgIpc) is 2.36. The van der Waals surface area contributed by atoms with Gasteiger partial charge in [0.05, 0.1) is 11.2 Å². The lowest BCUT2D eigenvalue weighted by Crippen LogP contribution is -2.18. The van der Waals surface area contributed by atoms with Gasteiger partial charge in [-0.3, -0.25) is 0 Å². The van der Waals surface area contributed by atoms with Gasteiger partial charge in [-0.1, -0.05) is 26.7 Å². The Labute approximate surface area is 142 Å². The Kier molecular flexibility index (Phi) is 13.5. The highest BCUT2D eigenvalue weighted by Gasteiger charge is 2.13. The summed E-state index contributed by atoms with van der Waals surface area (Å²) in [6.07, 6.45) is 7.99. The van der Waals surface area contributed by atoms with E-state index in [2.05, 4.69) is 6.92 Å².